The van der Waals surface area contributed by atoms with Crippen LogP contribution in [0.4, 0.5) is 0 Å². The third kappa shape index (κ3) is 4.33. The molecule has 0 amide bonds. The molecule has 31 heavy (non-hydrogen) atoms. The molecule has 4 bridgehead atoms. The first kappa shape index (κ1) is 24.9. The molecule has 5 rings (SSSR count). The zero-order valence-corrected chi connectivity index (χ0v) is 26.4. The number of piperidine rings is 1. The van der Waals surface area contributed by atoms with E-state index >= 15 is 0 Å². The van der Waals surface area contributed by atoms with Crippen LogP contribution in [0.1, 0.15) is 57.8 Å². The largest absolute Gasteiger partial charge is 0.416 e. The number of hydrogen-bond donors (Lipinski definition) is 0. The highest BCUT2D eigenvalue weighted by Gasteiger charge is 2.70. The van der Waals surface area contributed by atoms with Crippen LogP contribution in [0, 0.1) is 23.2 Å². The molecule has 0 spiro atoms. The van der Waals surface area contributed by atoms with Gasteiger partial charge in [0, 0.05) is 0 Å². The Kier molecular flexibility index (Phi) is 6.57. The summed E-state index contributed by atoms with van der Waals surface area (Å²) in [5.74, 6) is 3.07. The van der Waals surface area contributed by atoms with Crippen molar-refractivity contribution in [1.29, 1.82) is 0 Å². The van der Waals surface area contributed by atoms with E-state index in [-0.39, 0.29) is 0 Å². The summed E-state index contributed by atoms with van der Waals surface area (Å²) < 4.78 is 11.0. The van der Waals surface area contributed by atoms with Gasteiger partial charge in [0.15, 0.2) is 8.32 Å². The first-order chi connectivity index (χ1) is 14.2. The molecule has 0 radical (unpaired) electrons. The van der Waals surface area contributed by atoms with Gasteiger partial charge in [0.1, 0.15) is 7.27 Å². The number of nitrogens with zero attached hydrogens (tertiary/aromatic N) is 1. The molecule has 1 unspecified atom stereocenters. The minimum Gasteiger partial charge on any atom is -0.416 e. The maximum Gasteiger partial charge on any atom is 0.183 e. The van der Waals surface area contributed by atoms with E-state index in [9.17, 15) is 0 Å². The van der Waals surface area contributed by atoms with Crippen molar-refractivity contribution < 1.29 is 4.43 Å². The van der Waals surface area contributed by atoms with Crippen LogP contribution in [-0.2, 0) is 4.43 Å². The Labute approximate surface area is 198 Å². The van der Waals surface area contributed by atoms with Crippen molar-refractivity contribution in [2.45, 2.75) is 122 Å². The molecule has 0 N–H and O–H groups in total. The Bertz CT molecular complexity index is 605. The molecular weight excluding hydrogens is 443 g/mol. The van der Waals surface area contributed by atoms with Crippen molar-refractivity contribution in [1.82, 2.24) is 4.57 Å². The van der Waals surface area contributed by atoms with E-state index in [0.29, 0.717) is 11.1 Å². The highest BCUT2D eigenvalue weighted by atomic mass is 29.6. The molecule has 4 aliphatic carbocycles. The number of rotatable bonds is 7. The molecule has 0 aromatic rings. The van der Waals surface area contributed by atoms with Crippen LogP contribution in [0.25, 0.3) is 0 Å². The summed E-state index contributed by atoms with van der Waals surface area (Å²) in [6, 6.07) is 0. The van der Waals surface area contributed by atoms with E-state index in [1.165, 1.54) is 51.6 Å². The number of hydrogen-bond acceptors (Lipinski definition) is 2. The third-order valence-electron chi connectivity index (χ3n) is 9.63. The smallest absolute Gasteiger partial charge is 0.183 e. The van der Waals surface area contributed by atoms with Crippen LogP contribution < -0.4 is 0 Å². The zero-order chi connectivity index (χ0) is 22.9. The van der Waals surface area contributed by atoms with Crippen molar-refractivity contribution in [3.05, 3.63) is 0 Å². The Hall–Kier alpha value is 0.788. The van der Waals surface area contributed by atoms with E-state index < -0.39 is 30.8 Å². The maximum absolute atomic E-state index is 7.72. The minimum atomic E-state index is -1.80. The quantitative estimate of drug-likeness (QED) is 0.345. The molecule has 0 aromatic heterocycles. The fourth-order valence-corrected chi connectivity index (χ4v) is 62.4. The molecule has 180 valence electrons. The van der Waals surface area contributed by atoms with Gasteiger partial charge < -0.3 is 8.99 Å². The van der Waals surface area contributed by atoms with Crippen LogP contribution in [0.15, 0.2) is 0 Å². The maximum atomic E-state index is 7.72. The summed E-state index contributed by atoms with van der Waals surface area (Å²) in [6.45, 7) is 27.0. The van der Waals surface area contributed by atoms with Gasteiger partial charge in [0.25, 0.3) is 0 Å². The van der Waals surface area contributed by atoms with Gasteiger partial charge in [-0.2, -0.15) is 0 Å². The standard InChI is InChI=1S/C25H53NOSi4/c1-28(2,3)27-24(25-18-21-15-22(19-25)17-23(16-21)20-25)31(29(4,5)6,30(7,8)9)26-13-11-10-12-14-26/h21-24H,10-20H2,1-9H3. The molecular formula is C25H53NOSi4. The van der Waals surface area contributed by atoms with Gasteiger partial charge in [-0.05, 0) is 107 Å². The van der Waals surface area contributed by atoms with Crippen molar-refractivity contribution >= 4 is 30.8 Å². The Morgan fingerprint density at radius 1 is 0.677 bits per heavy atom. The van der Waals surface area contributed by atoms with Crippen LogP contribution in [0.5, 0.6) is 0 Å². The zero-order valence-electron chi connectivity index (χ0n) is 22.4. The van der Waals surface area contributed by atoms with Crippen molar-refractivity contribution in [2.24, 2.45) is 23.2 Å². The second-order valence-electron chi connectivity index (χ2n) is 15.2. The molecule has 6 heteroatoms. The lowest BCUT2D eigenvalue weighted by Crippen LogP contribution is -2.89. The second kappa shape index (κ2) is 8.18. The SMILES string of the molecule is C[Si](C)(C)OC(C12CC3CC(CC(C3)C1)C2)[Si](N1CCCCC1)([Si](C)(C)C)[Si](C)(C)C. The Morgan fingerprint density at radius 3 is 1.45 bits per heavy atom. The Balaban J connectivity index is 1.91. The fraction of sp³-hybridized carbons (Fsp3) is 1.00. The lowest BCUT2D eigenvalue weighted by molar-refractivity contribution is -0.0933. The van der Waals surface area contributed by atoms with Crippen molar-refractivity contribution in [2.75, 3.05) is 13.1 Å². The topological polar surface area (TPSA) is 12.5 Å². The summed E-state index contributed by atoms with van der Waals surface area (Å²) in [7, 11) is -6.35. The van der Waals surface area contributed by atoms with Gasteiger partial charge in [-0.25, -0.2) is 0 Å². The van der Waals surface area contributed by atoms with Crippen molar-refractivity contribution in [3.8, 4) is 0 Å². The molecule has 1 heterocycles. The van der Waals surface area contributed by atoms with Gasteiger partial charge in [0.2, 0.25) is 0 Å². The molecule has 1 aliphatic heterocycles. The van der Waals surface area contributed by atoms with Gasteiger partial charge in [-0.1, -0.05) is 45.7 Å². The lowest BCUT2D eigenvalue weighted by atomic mass is 9.50. The Morgan fingerprint density at radius 2 is 1.10 bits per heavy atom. The summed E-state index contributed by atoms with van der Waals surface area (Å²) in [4.78, 5) is 0. The summed E-state index contributed by atoms with van der Waals surface area (Å²) in [5.41, 5.74) is 1.15. The van der Waals surface area contributed by atoms with E-state index in [1.807, 2.05) is 0 Å². The second-order valence-corrected chi connectivity index (χ2v) is 46.4. The predicted molar refractivity (Wildman–Crippen MR) is 147 cm³/mol. The normalized spacial score (nSPS) is 36.1. The summed E-state index contributed by atoms with van der Waals surface area (Å²) >= 11 is 0. The fourth-order valence-electron chi connectivity index (χ4n) is 9.78. The van der Waals surface area contributed by atoms with E-state index in [1.54, 1.807) is 19.3 Å². The van der Waals surface area contributed by atoms with Crippen LogP contribution >= 0.6 is 0 Å². The van der Waals surface area contributed by atoms with Gasteiger partial charge in [-0.3, -0.25) is 0 Å². The van der Waals surface area contributed by atoms with E-state index in [4.69, 9.17) is 4.43 Å². The molecule has 2 nitrogen and oxygen atoms in total. The first-order valence-electron chi connectivity index (χ1n) is 13.6. The molecule has 4 saturated carbocycles. The lowest BCUT2D eigenvalue weighted by Gasteiger charge is -2.69. The average molecular weight is 496 g/mol. The van der Waals surface area contributed by atoms with Gasteiger partial charge in [-0.15, -0.1) is 0 Å². The molecule has 1 saturated heterocycles. The van der Waals surface area contributed by atoms with Crippen LogP contribution in [0.3, 0.4) is 0 Å². The third-order valence-corrected chi connectivity index (χ3v) is 49.0. The first-order valence-corrected chi connectivity index (χ1v) is 28.0. The highest BCUT2D eigenvalue weighted by molar-refractivity contribution is 7.68. The van der Waals surface area contributed by atoms with Crippen molar-refractivity contribution in [3.63, 3.8) is 0 Å². The van der Waals surface area contributed by atoms with Crippen LogP contribution in [0.2, 0.25) is 58.9 Å². The molecule has 1 atom stereocenters. The van der Waals surface area contributed by atoms with Crippen LogP contribution in [-0.4, -0.2) is 54.2 Å². The molecule has 0 aromatic carbocycles. The minimum absolute atomic E-state index is 0.527. The van der Waals surface area contributed by atoms with Gasteiger partial charge >= 0.3 is 0 Å². The monoisotopic (exact) mass is 495 g/mol. The highest BCUT2D eigenvalue weighted by Crippen LogP contribution is 2.64. The summed E-state index contributed by atoms with van der Waals surface area (Å²) in [5, 5.41) is 0. The van der Waals surface area contributed by atoms with E-state index in [0.717, 1.165) is 17.8 Å². The predicted octanol–water partition coefficient (Wildman–Crippen LogP) is 7.23. The average Bonchev–Trinajstić information content (AvgIpc) is 2.58. The summed E-state index contributed by atoms with van der Waals surface area (Å²) in [6.07, 6.45) is 13.5. The molecule has 5 aliphatic rings. The van der Waals surface area contributed by atoms with E-state index in [2.05, 4.69) is 63.5 Å². The molecule has 5 fully saturated rings. The van der Waals surface area contributed by atoms with Gasteiger partial charge in [0.05, 0.1) is 20.9 Å².